The van der Waals surface area contributed by atoms with Crippen molar-refractivity contribution < 1.29 is 32.2 Å². The summed E-state index contributed by atoms with van der Waals surface area (Å²) in [6, 6.07) is 15.1. The van der Waals surface area contributed by atoms with Crippen LogP contribution in [0.5, 0.6) is 5.75 Å². The fourth-order valence-corrected chi connectivity index (χ4v) is 3.56. The van der Waals surface area contributed by atoms with Gasteiger partial charge < -0.3 is 9.84 Å². The number of halogens is 4. The maximum Gasteiger partial charge on any atom is 0.416 e. The van der Waals surface area contributed by atoms with Crippen molar-refractivity contribution in [2.75, 3.05) is 6.61 Å². The maximum atomic E-state index is 15.0. The molecule has 0 atom stereocenters. The van der Waals surface area contributed by atoms with E-state index in [0.717, 1.165) is 24.3 Å². The van der Waals surface area contributed by atoms with Crippen LogP contribution in [-0.4, -0.2) is 22.7 Å². The Morgan fingerprint density at radius 3 is 2.45 bits per heavy atom. The number of hydrogen-bond acceptors (Lipinski definition) is 3. The van der Waals surface area contributed by atoms with Gasteiger partial charge in [-0.1, -0.05) is 24.3 Å². The lowest BCUT2D eigenvalue weighted by molar-refractivity contribution is -0.137. The van der Waals surface area contributed by atoms with Crippen molar-refractivity contribution in [3.63, 3.8) is 0 Å². The Bertz CT molecular complexity index is 1370. The summed E-state index contributed by atoms with van der Waals surface area (Å²) >= 11 is 0. The topological polar surface area (TPSA) is 59.4 Å². The van der Waals surface area contributed by atoms with Gasteiger partial charge in [-0.2, -0.15) is 13.2 Å². The number of alkyl halides is 3. The van der Waals surface area contributed by atoms with Crippen LogP contribution >= 0.6 is 0 Å². The van der Waals surface area contributed by atoms with Crippen LogP contribution in [0.3, 0.4) is 0 Å². The number of pyridine rings is 1. The minimum Gasteiger partial charge on any atom is -0.494 e. The lowest BCUT2D eigenvalue weighted by Gasteiger charge is -2.12. The van der Waals surface area contributed by atoms with E-state index in [1.807, 2.05) is 6.92 Å². The SMILES string of the molecule is CCOc1cccc(-c2ccc(-c3cc(C(=O)O)c4cc(C(F)(F)F)ccc4n3)cc2F)c1. The van der Waals surface area contributed by atoms with E-state index in [-0.39, 0.29) is 22.2 Å². The van der Waals surface area contributed by atoms with Crippen molar-refractivity contribution in [3.8, 4) is 28.1 Å². The third-order valence-corrected chi connectivity index (χ3v) is 5.09. The zero-order valence-corrected chi connectivity index (χ0v) is 17.3. The van der Waals surface area contributed by atoms with Gasteiger partial charge in [0.2, 0.25) is 0 Å². The molecule has 0 aliphatic heterocycles. The first-order valence-corrected chi connectivity index (χ1v) is 9.96. The molecule has 0 radical (unpaired) electrons. The van der Waals surface area contributed by atoms with Gasteiger partial charge in [-0.25, -0.2) is 14.2 Å². The van der Waals surface area contributed by atoms with Crippen molar-refractivity contribution in [1.82, 2.24) is 4.98 Å². The Labute approximate surface area is 186 Å². The largest absolute Gasteiger partial charge is 0.494 e. The van der Waals surface area contributed by atoms with E-state index in [4.69, 9.17) is 4.74 Å². The molecule has 3 aromatic carbocycles. The summed E-state index contributed by atoms with van der Waals surface area (Å²) in [4.78, 5) is 16.0. The highest BCUT2D eigenvalue weighted by Crippen LogP contribution is 2.34. The van der Waals surface area contributed by atoms with Gasteiger partial charge >= 0.3 is 12.1 Å². The molecule has 168 valence electrons. The van der Waals surface area contributed by atoms with Gasteiger partial charge in [-0.05, 0) is 55.0 Å². The molecule has 4 rings (SSSR count). The van der Waals surface area contributed by atoms with Crippen LogP contribution < -0.4 is 4.74 Å². The number of carboxylic acids is 1. The number of aromatic carboxylic acids is 1. The van der Waals surface area contributed by atoms with Crippen molar-refractivity contribution in [1.29, 1.82) is 0 Å². The first-order chi connectivity index (χ1) is 15.7. The van der Waals surface area contributed by atoms with E-state index in [0.29, 0.717) is 29.0 Å². The van der Waals surface area contributed by atoms with Gasteiger partial charge in [-0.3, -0.25) is 0 Å². The van der Waals surface area contributed by atoms with Crippen molar-refractivity contribution in [3.05, 3.63) is 83.7 Å². The van der Waals surface area contributed by atoms with Gasteiger partial charge in [0.15, 0.2) is 0 Å². The number of rotatable bonds is 5. The normalized spacial score (nSPS) is 11.5. The molecule has 4 aromatic rings. The van der Waals surface area contributed by atoms with Gasteiger partial charge in [0.05, 0.1) is 28.9 Å². The second-order valence-electron chi connectivity index (χ2n) is 7.25. The number of aromatic nitrogens is 1. The average Bonchev–Trinajstić information content (AvgIpc) is 2.77. The van der Waals surface area contributed by atoms with E-state index >= 15 is 0 Å². The van der Waals surface area contributed by atoms with Crippen LogP contribution in [0.25, 0.3) is 33.3 Å². The molecule has 0 saturated heterocycles. The first kappa shape index (κ1) is 22.3. The highest BCUT2D eigenvalue weighted by Gasteiger charge is 2.31. The summed E-state index contributed by atoms with van der Waals surface area (Å²) < 4.78 is 59.6. The van der Waals surface area contributed by atoms with Crippen LogP contribution in [0.4, 0.5) is 17.6 Å². The van der Waals surface area contributed by atoms with Gasteiger partial charge in [0, 0.05) is 16.5 Å². The number of benzene rings is 3. The van der Waals surface area contributed by atoms with E-state index < -0.39 is 23.5 Å². The number of fused-ring (bicyclic) bond motifs is 1. The van der Waals surface area contributed by atoms with Crippen LogP contribution in [-0.2, 0) is 6.18 Å². The van der Waals surface area contributed by atoms with Crippen molar-refractivity contribution in [2.24, 2.45) is 0 Å². The zero-order valence-electron chi connectivity index (χ0n) is 17.3. The predicted octanol–water partition coefficient (Wildman–Crippen LogP) is 6.82. The Morgan fingerprint density at radius 2 is 1.79 bits per heavy atom. The second-order valence-corrected chi connectivity index (χ2v) is 7.25. The summed E-state index contributed by atoms with van der Waals surface area (Å²) in [5.74, 6) is -1.38. The van der Waals surface area contributed by atoms with E-state index in [1.54, 1.807) is 30.3 Å². The Hall–Kier alpha value is -3.94. The van der Waals surface area contributed by atoms with E-state index in [2.05, 4.69) is 4.98 Å². The highest BCUT2D eigenvalue weighted by molar-refractivity contribution is 6.04. The minimum absolute atomic E-state index is 0.0619. The molecule has 0 unspecified atom stereocenters. The quantitative estimate of drug-likeness (QED) is 0.335. The van der Waals surface area contributed by atoms with E-state index in [1.165, 1.54) is 12.1 Å². The zero-order chi connectivity index (χ0) is 23.8. The maximum absolute atomic E-state index is 15.0. The Kier molecular flexibility index (Phi) is 5.76. The van der Waals surface area contributed by atoms with Gasteiger partial charge in [0.25, 0.3) is 0 Å². The fourth-order valence-electron chi connectivity index (χ4n) is 3.56. The molecule has 1 N–H and O–H groups in total. The molecule has 0 aliphatic rings. The molecular formula is C25H17F4NO3. The Balaban J connectivity index is 1.80. The molecule has 0 bridgehead atoms. The standard InChI is InChI=1S/C25H17F4NO3/c1-2-33-17-5-3-4-14(10-17)18-8-6-15(11-21(18)26)23-13-20(24(31)32)19-12-16(25(27,28)29)7-9-22(19)30-23/h3-13H,2H2,1H3,(H,31,32). The molecule has 8 heteroatoms. The summed E-state index contributed by atoms with van der Waals surface area (Å²) in [7, 11) is 0. The molecular weight excluding hydrogens is 438 g/mol. The fraction of sp³-hybridized carbons (Fsp3) is 0.120. The van der Waals surface area contributed by atoms with Crippen LogP contribution in [0.1, 0.15) is 22.8 Å². The van der Waals surface area contributed by atoms with E-state index in [9.17, 15) is 27.5 Å². The van der Waals surface area contributed by atoms with Gasteiger partial charge in [0.1, 0.15) is 11.6 Å². The Morgan fingerprint density at radius 1 is 1.00 bits per heavy atom. The number of carbonyl (C=O) groups is 1. The third kappa shape index (κ3) is 4.50. The molecule has 0 spiro atoms. The number of ether oxygens (including phenoxy) is 1. The third-order valence-electron chi connectivity index (χ3n) is 5.09. The molecule has 0 saturated carbocycles. The monoisotopic (exact) mass is 455 g/mol. The molecule has 0 amide bonds. The first-order valence-electron chi connectivity index (χ1n) is 9.96. The van der Waals surface area contributed by atoms with Gasteiger partial charge in [-0.15, -0.1) is 0 Å². The van der Waals surface area contributed by atoms with Crippen LogP contribution in [0, 0.1) is 5.82 Å². The minimum atomic E-state index is -4.62. The lowest BCUT2D eigenvalue weighted by atomic mass is 9.99. The molecule has 4 nitrogen and oxygen atoms in total. The smallest absolute Gasteiger partial charge is 0.416 e. The highest BCUT2D eigenvalue weighted by atomic mass is 19.4. The molecule has 1 aromatic heterocycles. The second kappa shape index (κ2) is 8.54. The molecule has 1 heterocycles. The summed E-state index contributed by atoms with van der Waals surface area (Å²) in [6.45, 7) is 2.31. The summed E-state index contributed by atoms with van der Waals surface area (Å²) in [5.41, 5.74) is 0.0740. The lowest BCUT2D eigenvalue weighted by Crippen LogP contribution is -2.06. The number of nitrogens with zero attached hydrogens (tertiary/aromatic N) is 1. The predicted molar refractivity (Wildman–Crippen MR) is 116 cm³/mol. The molecule has 0 fully saturated rings. The average molecular weight is 455 g/mol. The summed E-state index contributed by atoms with van der Waals surface area (Å²) in [5, 5.41) is 9.42. The summed E-state index contributed by atoms with van der Waals surface area (Å²) in [6.07, 6.45) is -4.62. The van der Waals surface area contributed by atoms with Crippen molar-refractivity contribution >= 4 is 16.9 Å². The molecule has 33 heavy (non-hydrogen) atoms. The van der Waals surface area contributed by atoms with Crippen LogP contribution in [0.15, 0.2) is 66.7 Å². The van der Waals surface area contributed by atoms with Crippen molar-refractivity contribution in [2.45, 2.75) is 13.1 Å². The molecule has 0 aliphatic carbocycles. The number of carboxylic acid groups (broad SMARTS) is 1. The van der Waals surface area contributed by atoms with Crippen LogP contribution in [0.2, 0.25) is 0 Å². The number of hydrogen-bond donors (Lipinski definition) is 1.